The van der Waals surface area contributed by atoms with E-state index in [1.165, 1.54) is 0 Å². The van der Waals surface area contributed by atoms with Crippen molar-refractivity contribution in [2.45, 2.75) is 31.4 Å². The van der Waals surface area contributed by atoms with Crippen LogP contribution in [0.15, 0.2) is 16.6 Å². The van der Waals surface area contributed by atoms with Crippen LogP contribution in [-0.4, -0.2) is 12.7 Å². The van der Waals surface area contributed by atoms with E-state index < -0.39 is 17.7 Å². The highest BCUT2D eigenvalue weighted by Crippen LogP contribution is 2.29. The van der Waals surface area contributed by atoms with Crippen molar-refractivity contribution in [2.24, 2.45) is 5.73 Å². The molecule has 94 valence electrons. The molecule has 0 bridgehead atoms. The highest BCUT2D eigenvalue weighted by molar-refractivity contribution is 9.10. The summed E-state index contributed by atoms with van der Waals surface area (Å²) in [5.41, 5.74) is 6.12. The predicted octanol–water partition coefficient (Wildman–Crippen LogP) is 3.30. The summed E-state index contributed by atoms with van der Waals surface area (Å²) in [5.74, 6) is -1.01. The SMILES string of the molecule is NC(c1cc(F)c(Br)cc1F)C1CCCCO1. The summed E-state index contributed by atoms with van der Waals surface area (Å²) in [6.45, 7) is 0.638. The van der Waals surface area contributed by atoms with E-state index in [9.17, 15) is 8.78 Å². The summed E-state index contributed by atoms with van der Waals surface area (Å²) in [6.07, 6.45) is 2.58. The summed E-state index contributed by atoms with van der Waals surface area (Å²) in [5, 5.41) is 0. The zero-order chi connectivity index (χ0) is 12.4. The maximum atomic E-state index is 13.7. The lowest BCUT2D eigenvalue weighted by Gasteiger charge is -2.28. The van der Waals surface area contributed by atoms with Crippen molar-refractivity contribution in [1.82, 2.24) is 0 Å². The van der Waals surface area contributed by atoms with E-state index in [1.54, 1.807) is 0 Å². The molecule has 2 rings (SSSR count). The first-order chi connectivity index (χ1) is 8.09. The number of benzene rings is 1. The van der Waals surface area contributed by atoms with Crippen molar-refractivity contribution in [2.75, 3.05) is 6.61 Å². The number of hydrogen-bond acceptors (Lipinski definition) is 2. The van der Waals surface area contributed by atoms with Crippen LogP contribution in [0, 0.1) is 11.6 Å². The Hall–Kier alpha value is -0.520. The lowest BCUT2D eigenvalue weighted by molar-refractivity contribution is -0.000672. The maximum Gasteiger partial charge on any atom is 0.137 e. The maximum absolute atomic E-state index is 13.7. The molecule has 2 unspecified atom stereocenters. The molecule has 0 spiro atoms. The minimum Gasteiger partial charge on any atom is -0.376 e. The van der Waals surface area contributed by atoms with Crippen LogP contribution < -0.4 is 5.73 Å². The largest absolute Gasteiger partial charge is 0.376 e. The van der Waals surface area contributed by atoms with Crippen LogP contribution in [0.5, 0.6) is 0 Å². The molecule has 1 fully saturated rings. The highest BCUT2D eigenvalue weighted by atomic mass is 79.9. The Labute approximate surface area is 107 Å². The predicted molar refractivity (Wildman–Crippen MR) is 64.6 cm³/mol. The van der Waals surface area contributed by atoms with Crippen molar-refractivity contribution in [3.63, 3.8) is 0 Å². The molecule has 0 amide bonds. The van der Waals surface area contributed by atoms with Crippen LogP contribution in [0.4, 0.5) is 8.78 Å². The van der Waals surface area contributed by atoms with E-state index in [4.69, 9.17) is 10.5 Å². The van der Waals surface area contributed by atoms with Gasteiger partial charge in [-0.15, -0.1) is 0 Å². The van der Waals surface area contributed by atoms with E-state index in [-0.39, 0.29) is 16.1 Å². The Morgan fingerprint density at radius 2 is 2.06 bits per heavy atom. The van der Waals surface area contributed by atoms with Crippen LogP contribution in [0.1, 0.15) is 30.9 Å². The summed E-state index contributed by atoms with van der Waals surface area (Å²) < 4.78 is 32.7. The molecule has 0 radical (unpaired) electrons. The van der Waals surface area contributed by atoms with E-state index in [2.05, 4.69) is 15.9 Å². The van der Waals surface area contributed by atoms with Crippen LogP contribution >= 0.6 is 15.9 Å². The molecule has 0 aliphatic carbocycles. The molecule has 1 heterocycles. The Kier molecular flexibility index (Phi) is 4.12. The van der Waals surface area contributed by atoms with Gasteiger partial charge in [0.1, 0.15) is 11.6 Å². The molecule has 2 nitrogen and oxygen atoms in total. The normalized spacial score (nSPS) is 22.5. The topological polar surface area (TPSA) is 35.2 Å². The molecule has 2 N–H and O–H groups in total. The van der Waals surface area contributed by atoms with Gasteiger partial charge in [0.25, 0.3) is 0 Å². The molecule has 1 saturated heterocycles. The van der Waals surface area contributed by atoms with Gasteiger partial charge in [0.15, 0.2) is 0 Å². The number of nitrogens with two attached hydrogens (primary N) is 1. The van der Waals surface area contributed by atoms with Crippen LogP contribution in [0.3, 0.4) is 0 Å². The average Bonchev–Trinajstić information content (AvgIpc) is 2.34. The van der Waals surface area contributed by atoms with Gasteiger partial charge in [-0.25, -0.2) is 8.78 Å². The third-order valence-electron chi connectivity index (χ3n) is 3.01. The Balaban J connectivity index is 2.23. The fraction of sp³-hybridized carbons (Fsp3) is 0.500. The van der Waals surface area contributed by atoms with Gasteiger partial charge in [0, 0.05) is 12.2 Å². The fourth-order valence-corrected chi connectivity index (χ4v) is 2.36. The van der Waals surface area contributed by atoms with Crippen LogP contribution in [0.25, 0.3) is 0 Å². The van der Waals surface area contributed by atoms with E-state index in [1.807, 2.05) is 0 Å². The third kappa shape index (κ3) is 2.84. The Morgan fingerprint density at radius 3 is 2.71 bits per heavy atom. The monoisotopic (exact) mass is 305 g/mol. The average molecular weight is 306 g/mol. The molecule has 0 aromatic heterocycles. The second-order valence-corrected chi connectivity index (χ2v) is 5.07. The van der Waals surface area contributed by atoms with Gasteiger partial charge in [-0.1, -0.05) is 0 Å². The molecule has 2 atom stereocenters. The van der Waals surface area contributed by atoms with Gasteiger partial charge in [0.2, 0.25) is 0 Å². The van der Waals surface area contributed by atoms with Crippen LogP contribution in [-0.2, 0) is 4.74 Å². The van der Waals surface area contributed by atoms with Crippen molar-refractivity contribution >= 4 is 15.9 Å². The lowest BCUT2D eigenvalue weighted by Crippen LogP contribution is -2.32. The van der Waals surface area contributed by atoms with Gasteiger partial charge in [-0.2, -0.15) is 0 Å². The van der Waals surface area contributed by atoms with Gasteiger partial charge >= 0.3 is 0 Å². The van der Waals surface area contributed by atoms with Crippen molar-refractivity contribution in [3.05, 3.63) is 33.8 Å². The molecule has 1 aromatic rings. The second kappa shape index (κ2) is 5.42. The summed E-state index contributed by atoms with van der Waals surface area (Å²) in [4.78, 5) is 0. The first kappa shape index (κ1) is 12.9. The third-order valence-corrected chi connectivity index (χ3v) is 3.62. The number of halogens is 3. The molecule has 0 saturated carbocycles. The molecular weight excluding hydrogens is 292 g/mol. The minimum atomic E-state index is -0.613. The highest BCUT2D eigenvalue weighted by Gasteiger charge is 2.25. The van der Waals surface area contributed by atoms with Crippen molar-refractivity contribution < 1.29 is 13.5 Å². The van der Waals surface area contributed by atoms with Gasteiger partial charge in [0.05, 0.1) is 16.6 Å². The van der Waals surface area contributed by atoms with Gasteiger partial charge < -0.3 is 10.5 Å². The Bertz CT molecular complexity index is 408. The number of hydrogen-bond donors (Lipinski definition) is 1. The second-order valence-electron chi connectivity index (χ2n) is 4.22. The quantitative estimate of drug-likeness (QED) is 0.851. The molecular formula is C12H14BrF2NO. The summed E-state index contributed by atoms with van der Waals surface area (Å²) in [7, 11) is 0. The number of rotatable bonds is 2. The lowest BCUT2D eigenvalue weighted by atomic mass is 9.96. The molecule has 17 heavy (non-hydrogen) atoms. The summed E-state index contributed by atoms with van der Waals surface area (Å²) in [6, 6.07) is 1.63. The van der Waals surface area contributed by atoms with Gasteiger partial charge in [-0.05, 0) is 47.3 Å². The number of ether oxygens (including phenoxy) is 1. The minimum absolute atomic E-state index is 0.107. The zero-order valence-electron chi connectivity index (χ0n) is 9.26. The first-order valence-corrected chi connectivity index (χ1v) is 6.40. The van der Waals surface area contributed by atoms with E-state index in [0.29, 0.717) is 6.61 Å². The Morgan fingerprint density at radius 1 is 1.29 bits per heavy atom. The van der Waals surface area contributed by atoms with Crippen molar-refractivity contribution in [1.29, 1.82) is 0 Å². The van der Waals surface area contributed by atoms with E-state index in [0.717, 1.165) is 31.4 Å². The molecule has 5 heteroatoms. The molecule has 1 aliphatic heterocycles. The summed E-state index contributed by atoms with van der Waals surface area (Å²) >= 11 is 2.94. The van der Waals surface area contributed by atoms with Crippen LogP contribution in [0.2, 0.25) is 0 Å². The van der Waals surface area contributed by atoms with E-state index >= 15 is 0 Å². The van der Waals surface area contributed by atoms with Crippen molar-refractivity contribution in [3.8, 4) is 0 Å². The standard InChI is InChI=1S/C12H14BrF2NO/c13-8-6-9(14)7(5-10(8)15)12(16)11-3-1-2-4-17-11/h5-6,11-12H,1-4,16H2. The molecule has 1 aromatic carbocycles. The zero-order valence-corrected chi connectivity index (χ0v) is 10.8. The van der Waals surface area contributed by atoms with Gasteiger partial charge in [-0.3, -0.25) is 0 Å². The smallest absolute Gasteiger partial charge is 0.137 e. The first-order valence-electron chi connectivity index (χ1n) is 5.61. The molecule has 1 aliphatic rings. The fourth-order valence-electron chi connectivity index (χ4n) is 2.04.